The zero-order valence-corrected chi connectivity index (χ0v) is 32.4. The zero-order chi connectivity index (χ0) is 40.0. The number of nitrogens with zero attached hydrogens (tertiary/aromatic N) is 5. The molecule has 0 saturated carbocycles. The van der Waals surface area contributed by atoms with E-state index in [2.05, 4.69) is 137 Å². The highest BCUT2D eigenvalue weighted by Gasteiger charge is 2.24. The summed E-state index contributed by atoms with van der Waals surface area (Å²) in [5.74, 6) is 1.14. The molecule has 286 valence electrons. The van der Waals surface area contributed by atoms with Crippen molar-refractivity contribution in [2.45, 2.75) is 0 Å². The molecule has 0 radical (unpaired) electrons. The normalized spacial score (nSPS) is 11.9. The highest BCUT2D eigenvalue weighted by Crippen LogP contribution is 2.44. The van der Waals surface area contributed by atoms with Gasteiger partial charge in [0.15, 0.2) is 0 Å². The standard InChI is InChI=1S/C53H31N5O3/c1-3-15-36-32(11-1)13-9-19-44(36)57(34-23-25-40-38-17-5-7-21-46(38)59-48(40)29-34)50-28-27-42-43-31-54-53(56-52(43)61-51(42)55-50)58(45-20-10-14-33-12-2-4-16-37(33)45)35-24-26-41-39-18-6-8-22-47(39)60-49(41)30-35/h1-31H. The molecule has 0 aliphatic carbocycles. The third-order valence-electron chi connectivity index (χ3n) is 11.8. The van der Waals surface area contributed by atoms with Crippen molar-refractivity contribution in [3.8, 4) is 0 Å². The molecule has 5 aromatic heterocycles. The van der Waals surface area contributed by atoms with Crippen molar-refractivity contribution in [2.75, 3.05) is 9.80 Å². The average molecular weight is 786 g/mol. The Balaban J connectivity index is 0.981. The Morgan fingerprint density at radius 1 is 0.344 bits per heavy atom. The van der Waals surface area contributed by atoms with Gasteiger partial charge in [-0.2, -0.15) is 9.97 Å². The van der Waals surface area contributed by atoms with Gasteiger partial charge in [0, 0.05) is 50.6 Å². The van der Waals surface area contributed by atoms with Gasteiger partial charge >= 0.3 is 0 Å². The van der Waals surface area contributed by atoms with Crippen LogP contribution in [0.2, 0.25) is 0 Å². The number of rotatable bonds is 6. The first kappa shape index (κ1) is 33.5. The van der Waals surface area contributed by atoms with Crippen LogP contribution in [0.1, 0.15) is 0 Å². The van der Waals surface area contributed by atoms with E-state index >= 15 is 0 Å². The number of aromatic nitrogens is 3. The molecule has 0 aliphatic rings. The second kappa shape index (κ2) is 13.0. The summed E-state index contributed by atoms with van der Waals surface area (Å²) < 4.78 is 19.4. The summed E-state index contributed by atoms with van der Waals surface area (Å²) in [5, 5.41) is 10.2. The SMILES string of the molecule is c1ccc2c(N(c3ccc4c(c3)oc3ccccc34)c3ccc4c(n3)oc3nc(N(c5ccc6c(c5)oc5ccccc56)c5cccc6ccccc56)ncc34)cccc2c1. The number of anilines is 6. The number of pyridine rings is 1. The zero-order valence-electron chi connectivity index (χ0n) is 32.4. The van der Waals surface area contributed by atoms with E-state index in [1.165, 1.54) is 0 Å². The molecule has 0 aliphatic heterocycles. The van der Waals surface area contributed by atoms with Gasteiger partial charge in [0.2, 0.25) is 17.4 Å². The predicted octanol–water partition coefficient (Wildman–Crippen LogP) is 14.8. The molecule has 13 rings (SSSR count). The first-order chi connectivity index (χ1) is 30.2. The minimum atomic E-state index is 0.431. The summed E-state index contributed by atoms with van der Waals surface area (Å²) in [4.78, 5) is 19.6. The number of para-hydroxylation sites is 2. The molecule has 0 unspecified atom stereocenters. The molecule has 61 heavy (non-hydrogen) atoms. The van der Waals surface area contributed by atoms with Crippen LogP contribution in [-0.4, -0.2) is 15.0 Å². The Labute approximate surface area is 347 Å². The second-order valence-corrected chi connectivity index (χ2v) is 15.2. The fourth-order valence-corrected chi connectivity index (χ4v) is 8.93. The topological polar surface area (TPSA) is 84.6 Å². The highest BCUT2D eigenvalue weighted by molar-refractivity contribution is 6.09. The van der Waals surface area contributed by atoms with E-state index < -0.39 is 0 Å². The van der Waals surface area contributed by atoms with Crippen molar-refractivity contribution in [1.29, 1.82) is 0 Å². The highest BCUT2D eigenvalue weighted by atomic mass is 16.4. The number of hydrogen-bond acceptors (Lipinski definition) is 8. The van der Waals surface area contributed by atoms with Crippen molar-refractivity contribution in [1.82, 2.24) is 15.0 Å². The predicted molar refractivity (Wildman–Crippen MR) is 246 cm³/mol. The van der Waals surface area contributed by atoms with Gasteiger partial charge in [-0.25, -0.2) is 4.98 Å². The molecule has 0 fully saturated rings. The maximum Gasteiger partial charge on any atom is 0.237 e. The average Bonchev–Trinajstić information content (AvgIpc) is 3.99. The van der Waals surface area contributed by atoms with Crippen LogP contribution in [0.4, 0.5) is 34.5 Å². The Morgan fingerprint density at radius 3 is 1.48 bits per heavy atom. The number of benzene rings is 8. The van der Waals surface area contributed by atoms with E-state index in [1.54, 1.807) is 0 Å². The fourth-order valence-electron chi connectivity index (χ4n) is 8.93. The number of fused-ring (bicyclic) bond motifs is 11. The van der Waals surface area contributed by atoms with Crippen LogP contribution < -0.4 is 9.80 Å². The quantitative estimate of drug-likeness (QED) is 0.165. The van der Waals surface area contributed by atoms with Crippen LogP contribution in [-0.2, 0) is 0 Å². The van der Waals surface area contributed by atoms with Crippen LogP contribution >= 0.6 is 0 Å². The lowest BCUT2D eigenvalue weighted by atomic mass is 10.1. The monoisotopic (exact) mass is 785 g/mol. The van der Waals surface area contributed by atoms with Gasteiger partial charge in [-0.05, 0) is 71.4 Å². The van der Waals surface area contributed by atoms with Crippen molar-refractivity contribution >= 4 is 122 Å². The number of furan rings is 3. The second-order valence-electron chi connectivity index (χ2n) is 15.2. The van der Waals surface area contributed by atoms with E-state index in [1.807, 2.05) is 60.8 Å². The van der Waals surface area contributed by atoms with Crippen LogP contribution in [0.15, 0.2) is 201 Å². The van der Waals surface area contributed by atoms with Crippen molar-refractivity contribution < 1.29 is 13.3 Å². The van der Waals surface area contributed by atoms with Gasteiger partial charge in [-0.1, -0.05) is 109 Å². The molecule has 0 bridgehead atoms. The van der Waals surface area contributed by atoms with Crippen LogP contribution in [0.5, 0.6) is 0 Å². The van der Waals surface area contributed by atoms with E-state index in [9.17, 15) is 0 Å². The number of hydrogen-bond donors (Lipinski definition) is 0. The molecule has 0 saturated heterocycles. The van der Waals surface area contributed by atoms with E-state index in [-0.39, 0.29) is 0 Å². The maximum atomic E-state index is 6.62. The molecule has 0 N–H and O–H groups in total. The largest absolute Gasteiger partial charge is 0.456 e. The third kappa shape index (κ3) is 5.22. The Kier molecular flexibility index (Phi) is 7.14. The Hall–Kier alpha value is -8.49. The van der Waals surface area contributed by atoms with E-state index in [4.69, 9.17) is 28.2 Å². The van der Waals surface area contributed by atoms with Gasteiger partial charge in [0.1, 0.15) is 28.1 Å². The van der Waals surface area contributed by atoms with Gasteiger partial charge < -0.3 is 13.3 Å². The van der Waals surface area contributed by atoms with Gasteiger partial charge in [-0.3, -0.25) is 9.80 Å². The van der Waals surface area contributed by atoms with Crippen molar-refractivity contribution in [3.05, 3.63) is 188 Å². The molecule has 8 aromatic carbocycles. The van der Waals surface area contributed by atoms with Gasteiger partial charge in [-0.15, -0.1) is 0 Å². The summed E-state index contributed by atoms with van der Waals surface area (Å²) in [5.41, 5.74) is 7.81. The molecule has 8 nitrogen and oxygen atoms in total. The summed E-state index contributed by atoms with van der Waals surface area (Å²) in [7, 11) is 0. The van der Waals surface area contributed by atoms with Gasteiger partial charge in [0.25, 0.3) is 0 Å². The summed E-state index contributed by atoms with van der Waals surface area (Å²) >= 11 is 0. The fraction of sp³-hybridized carbons (Fsp3) is 0. The Bertz CT molecular complexity index is 3620. The molecular formula is C53H31N5O3. The summed E-state index contributed by atoms with van der Waals surface area (Å²) in [6, 6.07) is 62.2. The third-order valence-corrected chi connectivity index (χ3v) is 11.8. The minimum Gasteiger partial charge on any atom is -0.456 e. The first-order valence-corrected chi connectivity index (χ1v) is 20.2. The smallest absolute Gasteiger partial charge is 0.237 e. The lowest BCUT2D eigenvalue weighted by Gasteiger charge is -2.25. The van der Waals surface area contributed by atoms with E-state index in [0.717, 1.165) is 98.9 Å². The van der Waals surface area contributed by atoms with Gasteiger partial charge in [0.05, 0.1) is 33.5 Å². The van der Waals surface area contributed by atoms with Crippen molar-refractivity contribution in [2.24, 2.45) is 0 Å². The summed E-state index contributed by atoms with van der Waals surface area (Å²) in [6.45, 7) is 0. The summed E-state index contributed by atoms with van der Waals surface area (Å²) in [6.07, 6.45) is 1.83. The van der Waals surface area contributed by atoms with E-state index in [0.29, 0.717) is 23.2 Å². The molecule has 0 atom stereocenters. The molecule has 8 heteroatoms. The molecule has 0 spiro atoms. The molecular weight excluding hydrogens is 755 g/mol. The van der Waals surface area contributed by atoms with Crippen LogP contribution in [0.25, 0.3) is 87.6 Å². The lowest BCUT2D eigenvalue weighted by molar-refractivity contribution is 0.639. The minimum absolute atomic E-state index is 0.431. The lowest BCUT2D eigenvalue weighted by Crippen LogP contribution is -2.13. The first-order valence-electron chi connectivity index (χ1n) is 20.2. The van der Waals surface area contributed by atoms with Crippen molar-refractivity contribution in [3.63, 3.8) is 0 Å². The molecule has 0 amide bonds. The maximum absolute atomic E-state index is 6.62. The molecule has 13 aromatic rings. The van der Waals surface area contributed by atoms with Crippen LogP contribution in [0, 0.1) is 0 Å². The Morgan fingerprint density at radius 2 is 0.836 bits per heavy atom. The molecule has 5 heterocycles. The van der Waals surface area contributed by atoms with Crippen LogP contribution in [0.3, 0.4) is 0 Å².